The molecule has 82 valence electrons. The molecule has 0 saturated heterocycles. The van der Waals surface area contributed by atoms with Gasteiger partial charge < -0.3 is 15.0 Å². The average molecular weight is 219 g/mol. The van der Waals surface area contributed by atoms with Gasteiger partial charge in [0.05, 0.1) is 24.5 Å². The molecule has 0 fully saturated rings. The molecule has 1 aromatic heterocycles. The van der Waals surface area contributed by atoms with Crippen molar-refractivity contribution in [2.75, 3.05) is 12.4 Å². The van der Waals surface area contributed by atoms with Gasteiger partial charge in [0.2, 0.25) is 0 Å². The third-order valence-electron chi connectivity index (χ3n) is 2.05. The van der Waals surface area contributed by atoms with Crippen LogP contribution in [0, 0.1) is 0 Å². The molecule has 2 N–H and O–H groups in total. The van der Waals surface area contributed by atoms with Gasteiger partial charge in [-0.05, 0) is 18.2 Å². The van der Waals surface area contributed by atoms with E-state index in [1.165, 1.54) is 0 Å². The van der Waals surface area contributed by atoms with Crippen molar-refractivity contribution in [3.8, 4) is 0 Å². The fourth-order valence-corrected chi connectivity index (χ4v) is 1.29. The smallest absolute Gasteiger partial charge is 0.396 e. The molecule has 1 amide bonds. The van der Waals surface area contributed by atoms with Crippen LogP contribution >= 0.6 is 0 Å². The second-order valence-electron chi connectivity index (χ2n) is 3.08. The van der Waals surface area contributed by atoms with E-state index in [1.807, 2.05) is 0 Å². The number of rotatable bonds is 1. The van der Waals surface area contributed by atoms with Crippen molar-refractivity contribution in [2.45, 2.75) is 0 Å². The number of hydrogen-bond acceptors (Lipinski definition) is 4. The van der Waals surface area contributed by atoms with Gasteiger partial charge in [0.1, 0.15) is 0 Å². The largest absolute Gasteiger partial charge is 0.462 e. The fraction of sp³-hybridized carbons (Fsp3) is 0.100. The van der Waals surface area contributed by atoms with Crippen molar-refractivity contribution in [3.63, 3.8) is 0 Å². The molecule has 0 unspecified atom stereocenters. The number of imidazole rings is 1. The fourth-order valence-electron chi connectivity index (χ4n) is 1.29. The second kappa shape index (κ2) is 4.01. The minimum Gasteiger partial charge on any atom is -0.462 e. The average Bonchev–Trinajstić information content (AvgIpc) is 2.75. The summed E-state index contributed by atoms with van der Waals surface area (Å²) in [5, 5.41) is 2.41. The maximum Gasteiger partial charge on any atom is 0.396 e. The number of aromatic nitrogens is 2. The van der Waals surface area contributed by atoms with Crippen LogP contribution in [0.15, 0.2) is 24.5 Å². The van der Waals surface area contributed by atoms with Crippen molar-refractivity contribution in [2.24, 2.45) is 0 Å². The summed E-state index contributed by atoms with van der Waals surface area (Å²) in [6.45, 7) is 0. The molecule has 0 atom stereocenters. The van der Waals surface area contributed by atoms with E-state index < -0.39 is 11.9 Å². The van der Waals surface area contributed by atoms with Gasteiger partial charge in [0, 0.05) is 5.69 Å². The molecule has 16 heavy (non-hydrogen) atoms. The molecule has 0 saturated carbocycles. The number of H-pyrrole nitrogens is 1. The highest BCUT2D eigenvalue weighted by atomic mass is 16.5. The number of nitrogens with zero attached hydrogens (tertiary/aromatic N) is 1. The number of methoxy groups -OCH3 is 1. The summed E-state index contributed by atoms with van der Waals surface area (Å²) in [4.78, 5) is 29.0. The lowest BCUT2D eigenvalue weighted by molar-refractivity contribution is -0.150. The summed E-state index contributed by atoms with van der Waals surface area (Å²) in [7, 11) is 1.15. The Morgan fingerprint density at radius 3 is 3.00 bits per heavy atom. The monoisotopic (exact) mass is 219 g/mol. The van der Waals surface area contributed by atoms with Crippen LogP contribution in [-0.4, -0.2) is 29.0 Å². The Morgan fingerprint density at radius 1 is 1.44 bits per heavy atom. The third kappa shape index (κ3) is 1.85. The van der Waals surface area contributed by atoms with Crippen LogP contribution in [0.3, 0.4) is 0 Å². The Kier molecular flexibility index (Phi) is 2.55. The van der Waals surface area contributed by atoms with Gasteiger partial charge >= 0.3 is 11.9 Å². The second-order valence-corrected chi connectivity index (χ2v) is 3.08. The van der Waals surface area contributed by atoms with Gasteiger partial charge in [-0.1, -0.05) is 0 Å². The van der Waals surface area contributed by atoms with Crippen LogP contribution in [-0.2, 0) is 14.3 Å². The van der Waals surface area contributed by atoms with E-state index >= 15 is 0 Å². The van der Waals surface area contributed by atoms with Crippen LogP contribution in [0.1, 0.15) is 0 Å². The molecule has 1 aromatic carbocycles. The first-order valence-corrected chi connectivity index (χ1v) is 4.53. The zero-order valence-corrected chi connectivity index (χ0v) is 8.48. The number of carbonyl (C=O) groups excluding carboxylic acids is 2. The molecule has 0 radical (unpaired) electrons. The van der Waals surface area contributed by atoms with E-state index in [0.29, 0.717) is 5.69 Å². The molecule has 6 nitrogen and oxygen atoms in total. The molecule has 1 heterocycles. The van der Waals surface area contributed by atoms with E-state index in [4.69, 9.17) is 0 Å². The van der Waals surface area contributed by atoms with Crippen LogP contribution in [0.5, 0.6) is 0 Å². The normalized spacial score (nSPS) is 10.1. The molecular formula is C10H9N3O3. The van der Waals surface area contributed by atoms with Crippen molar-refractivity contribution < 1.29 is 14.3 Å². The summed E-state index contributed by atoms with van der Waals surface area (Å²) in [6.07, 6.45) is 1.55. The predicted molar refractivity (Wildman–Crippen MR) is 56.7 cm³/mol. The van der Waals surface area contributed by atoms with Crippen LogP contribution < -0.4 is 5.32 Å². The number of esters is 1. The lowest BCUT2D eigenvalue weighted by Crippen LogP contribution is -2.23. The molecule has 0 aliphatic rings. The number of ether oxygens (including phenoxy) is 1. The molecule has 2 rings (SSSR count). The maximum atomic E-state index is 11.2. The zero-order valence-electron chi connectivity index (χ0n) is 8.48. The highest BCUT2D eigenvalue weighted by Gasteiger charge is 2.13. The predicted octanol–water partition coefficient (Wildman–Crippen LogP) is 0.674. The van der Waals surface area contributed by atoms with Crippen molar-refractivity contribution in [1.29, 1.82) is 0 Å². The Bertz CT molecular complexity index is 547. The van der Waals surface area contributed by atoms with Gasteiger partial charge in [0.25, 0.3) is 0 Å². The number of benzene rings is 1. The molecule has 2 aromatic rings. The first-order valence-electron chi connectivity index (χ1n) is 4.53. The maximum absolute atomic E-state index is 11.2. The van der Waals surface area contributed by atoms with Gasteiger partial charge in [-0.2, -0.15) is 0 Å². The standard InChI is InChI=1S/C10H9N3O3/c1-16-10(15)9(14)13-6-2-3-7-8(4-6)12-5-11-7/h2-5H,1H3,(H,11,12)(H,13,14). The van der Waals surface area contributed by atoms with E-state index in [0.717, 1.165) is 18.1 Å². The van der Waals surface area contributed by atoms with E-state index in [-0.39, 0.29) is 0 Å². The first-order chi connectivity index (χ1) is 7.70. The number of hydrogen-bond donors (Lipinski definition) is 2. The molecule has 0 bridgehead atoms. The van der Waals surface area contributed by atoms with E-state index in [2.05, 4.69) is 20.0 Å². The lowest BCUT2D eigenvalue weighted by atomic mass is 10.3. The third-order valence-corrected chi connectivity index (χ3v) is 2.05. The van der Waals surface area contributed by atoms with Gasteiger partial charge in [-0.15, -0.1) is 0 Å². The van der Waals surface area contributed by atoms with Crippen LogP contribution in [0.4, 0.5) is 5.69 Å². The highest BCUT2D eigenvalue weighted by Crippen LogP contribution is 2.15. The summed E-state index contributed by atoms with van der Waals surface area (Å²) in [5.41, 5.74) is 2.07. The Balaban J connectivity index is 2.21. The zero-order chi connectivity index (χ0) is 11.5. The summed E-state index contributed by atoms with van der Waals surface area (Å²) >= 11 is 0. The van der Waals surface area contributed by atoms with Crippen molar-refractivity contribution >= 4 is 28.6 Å². The summed E-state index contributed by atoms with van der Waals surface area (Å²) in [5.74, 6) is -1.73. The SMILES string of the molecule is COC(=O)C(=O)Nc1ccc2nc[nH]c2c1. The minimum atomic E-state index is -0.926. The van der Waals surface area contributed by atoms with Crippen molar-refractivity contribution in [1.82, 2.24) is 9.97 Å². The lowest BCUT2D eigenvalue weighted by Gasteiger charge is -2.02. The van der Waals surface area contributed by atoms with Crippen LogP contribution in [0.2, 0.25) is 0 Å². The van der Waals surface area contributed by atoms with E-state index in [1.54, 1.807) is 24.5 Å². The van der Waals surface area contributed by atoms with Gasteiger partial charge in [0.15, 0.2) is 0 Å². The van der Waals surface area contributed by atoms with Gasteiger partial charge in [-0.25, -0.2) is 9.78 Å². The number of anilines is 1. The van der Waals surface area contributed by atoms with Gasteiger partial charge in [-0.3, -0.25) is 4.79 Å². The Labute approximate surface area is 90.6 Å². The Hall–Kier alpha value is -2.37. The topological polar surface area (TPSA) is 84.1 Å². The Morgan fingerprint density at radius 2 is 2.25 bits per heavy atom. The molecule has 0 spiro atoms. The molecular weight excluding hydrogens is 210 g/mol. The molecule has 0 aliphatic heterocycles. The summed E-state index contributed by atoms with van der Waals surface area (Å²) < 4.78 is 4.29. The minimum absolute atomic E-state index is 0.507. The number of carbonyl (C=O) groups is 2. The van der Waals surface area contributed by atoms with Crippen molar-refractivity contribution in [3.05, 3.63) is 24.5 Å². The highest BCUT2D eigenvalue weighted by molar-refractivity contribution is 6.37. The molecule has 0 aliphatic carbocycles. The number of fused-ring (bicyclic) bond motifs is 1. The number of nitrogens with one attached hydrogen (secondary N) is 2. The van der Waals surface area contributed by atoms with Crippen LogP contribution in [0.25, 0.3) is 11.0 Å². The quantitative estimate of drug-likeness (QED) is 0.545. The number of amides is 1. The van der Waals surface area contributed by atoms with E-state index in [9.17, 15) is 9.59 Å². The number of aromatic amines is 1. The summed E-state index contributed by atoms with van der Waals surface area (Å²) in [6, 6.07) is 5.08. The first kappa shape index (κ1) is 10.2. The molecule has 6 heteroatoms.